The van der Waals surface area contributed by atoms with Crippen LogP contribution in [0.2, 0.25) is 5.22 Å². The Labute approximate surface area is 409 Å². The zero-order valence-corrected chi connectivity index (χ0v) is 43.4. The quantitative estimate of drug-likeness (QED) is 0.149. The lowest BCUT2D eigenvalue weighted by atomic mass is 9.94. The molecule has 16 nitrogen and oxygen atoms in total. The summed E-state index contributed by atoms with van der Waals surface area (Å²) in [6.45, 7) is 35.1. The van der Waals surface area contributed by atoms with Crippen molar-refractivity contribution in [3.8, 4) is 0 Å². The third-order valence-corrected chi connectivity index (χ3v) is 14.7. The number of hydrogen-bond donors (Lipinski definition) is 1. The zero-order chi connectivity index (χ0) is 47.5. The van der Waals surface area contributed by atoms with Crippen molar-refractivity contribution in [3.05, 3.63) is 40.5 Å². The molecule has 3 aromatic heterocycles. The lowest BCUT2D eigenvalue weighted by molar-refractivity contribution is -0.143. The van der Waals surface area contributed by atoms with Crippen LogP contribution >= 0.6 is 30.4 Å². The number of ketones is 1. The second-order valence-electron chi connectivity index (χ2n) is 17.1. The van der Waals surface area contributed by atoms with Gasteiger partial charge in [-0.1, -0.05) is 64.0 Å². The molecule has 3 aliphatic rings. The van der Waals surface area contributed by atoms with Crippen molar-refractivity contribution in [2.45, 2.75) is 226 Å². The molecule has 0 saturated carbocycles. The number of aryl methyl sites for hydroxylation is 3. The molecular weight excluding hydrogens is 900 g/mol. The molecule has 66 heavy (non-hydrogen) atoms. The first-order valence-corrected chi connectivity index (χ1v) is 22.9. The summed E-state index contributed by atoms with van der Waals surface area (Å²) >= 11 is 5.33. The Morgan fingerprint density at radius 3 is 1.17 bits per heavy atom. The highest BCUT2D eigenvalue weighted by molar-refractivity contribution is 7.13. The van der Waals surface area contributed by atoms with Crippen LogP contribution in [0.25, 0.3) is 0 Å². The van der Waals surface area contributed by atoms with Crippen LogP contribution in [0, 0.1) is 20.8 Å². The van der Waals surface area contributed by atoms with E-state index in [1.54, 1.807) is 13.0 Å². The molecule has 6 heterocycles. The van der Waals surface area contributed by atoms with Gasteiger partial charge in [-0.05, 0) is 122 Å². The third-order valence-electron chi connectivity index (χ3n) is 12.6. The van der Waals surface area contributed by atoms with Gasteiger partial charge in [0.2, 0.25) is 22.9 Å². The van der Waals surface area contributed by atoms with E-state index in [1.807, 2.05) is 37.8 Å². The van der Waals surface area contributed by atoms with E-state index in [0.717, 1.165) is 28.9 Å². The number of nitrogens with zero attached hydrogens (tertiary/aromatic N) is 8. The van der Waals surface area contributed by atoms with Crippen LogP contribution in [0.5, 0.6) is 0 Å². The number of esters is 1. The van der Waals surface area contributed by atoms with Crippen molar-refractivity contribution < 1.29 is 32.7 Å². The molecule has 19 heteroatoms. The smallest absolute Gasteiger partial charge is 0.313 e. The number of Topliss-reactive ketones (excluding diaryl/α,β-unsaturated/α-hetero) is 1. The number of aromatic nitrogens is 3. The van der Waals surface area contributed by atoms with Gasteiger partial charge >= 0.3 is 5.97 Å². The fraction of sp³-hybridized carbons (Fsp3) is 0.745. The largest absolute Gasteiger partial charge is 0.469 e. The van der Waals surface area contributed by atoms with Crippen molar-refractivity contribution in [1.82, 2.24) is 35.0 Å². The molecule has 6 rings (SSSR count). The maximum Gasteiger partial charge on any atom is 0.313 e. The number of nitrogens with one attached hydrogen (secondary N) is 1. The summed E-state index contributed by atoms with van der Waals surface area (Å²) in [6, 6.07) is 10.5. The van der Waals surface area contributed by atoms with Gasteiger partial charge in [0.25, 0.3) is 0 Å². The summed E-state index contributed by atoms with van der Waals surface area (Å²) in [5.74, 6) is 1.17. The van der Waals surface area contributed by atoms with Crippen LogP contribution < -0.4 is 15.1 Å². The summed E-state index contributed by atoms with van der Waals surface area (Å²) in [6.07, 6.45) is -0.115. The van der Waals surface area contributed by atoms with Crippen LogP contribution in [0.4, 0.5) is 11.8 Å². The Balaban J connectivity index is -0.000000776. The Bertz CT molecular complexity index is 1790. The standard InChI is InChI=1S/C14H23N3O2.C12H22N3OP.C8H19N2P.C5H8O3.C4H4ClNO.4CH4/c1-8-7-14(19-15-8)17-11(4)9(2)16(13(6)18)10(3)12(17)5;1-7-6-12(16-13-7)14-8(2)10(4)15(17)11(5)9(14)3;1-5-7(3)10(11)8(4)6(2)9-5;1-4(6)3-5(7)8-2;1-3-2-4(5)7-6-3;;;;/h7,9-12H,1-6H3;6,8-11H,17H2,1-5H3;5-9H,11H2,1-4H3;3H2,1-2H3;2H,1H3;4*1H4. The molecule has 384 valence electrons. The number of hydrogen-bond acceptors (Lipinski definition) is 15. The normalized spacial score (nSPS) is 28.2. The molecule has 14 unspecified atom stereocenters. The number of piperazine rings is 3. The highest BCUT2D eigenvalue weighted by atomic mass is 35.5. The number of amides is 1. The summed E-state index contributed by atoms with van der Waals surface area (Å²) in [5.41, 5.74) is 2.63. The van der Waals surface area contributed by atoms with E-state index in [2.05, 4.69) is 151 Å². The second-order valence-corrected chi connectivity index (χ2v) is 18.7. The van der Waals surface area contributed by atoms with E-state index in [4.69, 9.17) is 20.6 Å². The third kappa shape index (κ3) is 18.1. The van der Waals surface area contributed by atoms with Gasteiger partial charge in [-0.15, -0.1) is 0 Å². The van der Waals surface area contributed by atoms with Gasteiger partial charge in [0.1, 0.15) is 12.2 Å². The number of anilines is 2. The average molecular weight is 993 g/mol. The van der Waals surface area contributed by atoms with Crippen LogP contribution in [-0.4, -0.2) is 127 Å². The van der Waals surface area contributed by atoms with Crippen LogP contribution in [-0.2, 0) is 19.1 Å². The molecular formula is C47H92ClN9O7P2. The van der Waals surface area contributed by atoms with Crippen molar-refractivity contribution in [1.29, 1.82) is 0 Å². The second kappa shape index (κ2) is 30.4. The molecule has 3 saturated heterocycles. The van der Waals surface area contributed by atoms with Gasteiger partial charge in [0.05, 0.1) is 24.2 Å². The predicted molar refractivity (Wildman–Crippen MR) is 280 cm³/mol. The minimum atomic E-state index is -0.475. The molecule has 14 atom stereocenters. The van der Waals surface area contributed by atoms with Gasteiger partial charge in [-0.2, -0.15) is 0 Å². The molecule has 3 fully saturated rings. The number of rotatable bonds is 4. The molecule has 1 amide bonds. The maximum atomic E-state index is 11.8. The first kappa shape index (κ1) is 67.1. The molecule has 3 aromatic rings. The first-order valence-electron chi connectivity index (χ1n) is 21.5. The number of carbonyl (C=O) groups excluding carboxylic acids is 3. The van der Waals surface area contributed by atoms with Gasteiger partial charge in [0.15, 0.2) is 0 Å². The first-order chi connectivity index (χ1) is 28.8. The number of methoxy groups -OCH3 is 1. The topological polar surface area (TPSA) is 167 Å². The van der Waals surface area contributed by atoms with Crippen molar-refractivity contribution in [2.24, 2.45) is 0 Å². The van der Waals surface area contributed by atoms with Gasteiger partial charge in [-0.25, -0.2) is 0 Å². The summed E-state index contributed by atoms with van der Waals surface area (Å²) in [4.78, 5) is 38.7. The highest BCUT2D eigenvalue weighted by Gasteiger charge is 2.43. The van der Waals surface area contributed by atoms with E-state index in [9.17, 15) is 14.4 Å². The van der Waals surface area contributed by atoms with E-state index < -0.39 is 5.97 Å². The van der Waals surface area contributed by atoms with Gasteiger partial charge in [0, 0.05) is 97.6 Å². The van der Waals surface area contributed by atoms with E-state index in [0.29, 0.717) is 53.6 Å². The van der Waals surface area contributed by atoms with Crippen molar-refractivity contribution in [2.75, 3.05) is 16.9 Å². The Hall–Kier alpha value is -3.13. The minimum Gasteiger partial charge on any atom is -0.469 e. The number of halogens is 1. The number of ether oxygens (including phenoxy) is 1. The molecule has 0 bridgehead atoms. The predicted octanol–water partition coefficient (Wildman–Crippen LogP) is 10.2. The van der Waals surface area contributed by atoms with Crippen LogP contribution in [0.1, 0.15) is 150 Å². The number of carbonyl (C=O) groups is 3. The van der Waals surface area contributed by atoms with Crippen molar-refractivity contribution in [3.63, 3.8) is 0 Å². The van der Waals surface area contributed by atoms with E-state index in [-0.39, 0.29) is 72.0 Å². The van der Waals surface area contributed by atoms with Crippen molar-refractivity contribution >= 4 is 59.8 Å². The van der Waals surface area contributed by atoms with Crippen LogP contribution in [0.3, 0.4) is 0 Å². The summed E-state index contributed by atoms with van der Waals surface area (Å²) in [7, 11) is 6.93. The Morgan fingerprint density at radius 2 is 0.924 bits per heavy atom. The van der Waals surface area contributed by atoms with Crippen LogP contribution in [0.15, 0.2) is 31.8 Å². The molecule has 1 N–H and O–H groups in total. The molecule has 0 spiro atoms. The highest BCUT2D eigenvalue weighted by Crippen LogP contribution is 2.34. The van der Waals surface area contributed by atoms with Gasteiger partial charge < -0.3 is 38.3 Å². The fourth-order valence-electron chi connectivity index (χ4n) is 7.88. The Morgan fingerprint density at radius 1 is 0.591 bits per heavy atom. The van der Waals surface area contributed by atoms with E-state index >= 15 is 0 Å². The lowest BCUT2D eigenvalue weighted by Gasteiger charge is -2.52. The molecule has 0 aliphatic carbocycles. The summed E-state index contributed by atoms with van der Waals surface area (Å²) in [5, 5.41) is 15.4. The monoisotopic (exact) mass is 992 g/mol. The average Bonchev–Trinajstić information content (AvgIpc) is 3.95. The van der Waals surface area contributed by atoms with Gasteiger partial charge in [-0.3, -0.25) is 23.7 Å². The zero-order valence-electron chi connectivity index (χ0n) is 40.3. The maximum absolute atomic E-state index is 11.8. The van der Waals surface area contributed by atoms with E-state index in [1.165, 1.54) is 14.0 Å². The molecule has 0 radical (unpaired) electrons. The molecule has 0 aromatic carbocycles. The minimum absolute atomic E-state index is 0. The Kier molecular flexibility index (Phi) is 30.9. The fourth-order valence-corrected chi connectivity index (χ4v) is 9.09. The lowest BCUT2D eigenvalue weighted by Crippen LogP contribution is -2.66. The summed E-state index contributed by atoms with van der Waals surface area (Å²) < 4.78 is 24.2. The SMILES string of the molecule is C.C.C.C.CC(=O)N1C(C)C(C)N(c2cc(C)no2)C(C)C1C.CC1NC(C)C(C)N(P)C1C.COC(=O)CC(C)=O.Cc1cc(Cl)on1.Cc1cc(N2C(C)C(C)N(P)C(C)C2C)on1. The molecule has 3 aliphatic heterocycles.